The minimum Gasteiger partial charge on any atom is -0.375 e. The zero-order valence-corrected chi connectivity index (χ0v) is 9.96. The van der Waals surface area contributed by atoms with Gasteiger partial charge in [-0.05, 0) is 13.0 Å². The van der Waals surface area contributed by atoms with Crippen molar-refractivity contribution in [2.45, 2.75) is 13.0 Å². The highest BCUT2D eigenvalue weighted by atomic mass is 16.5. The van der Waals surface area contributed by atoms with Crippen molar-refractivity contribution in [1.29, 1.82) is 0 Å². The van der Waals surface area contributed by atoms with Crippen LogP contribution in [0.3, 0.4) is 0 Å². The van der Waals surface area contributed by atoms with E-state index in [-0.39, 0.29) is 12.0 Å². The normalized spacial score (nSPS) is 20.3. The maximum atomic E-state index is 12.4. The molecule has 1 aliphatic heterocycles. The molecular weight excluding hydrogens is 234 g/mol. The van der Waals surface area contributed by atoms with Crippen LogP contribution in [-0.2, 0) is 4.74 Å². The van der Waals surface area contributed by atoms with Crippen molar-refractivity contribution < 1.29 is 9.53 Å². The molecule has 1 fully saturated rings. The number of H-pyrrole nitrogens is 1. The second kappa shape index (κ2) is 4.34. The van der Waals surface area contributed by atoms with E-state index in [1.807, 2.05) is 6.92 Å². The van der Waals surface area contributed by atoms with Crippen LogP contribution in [0.2, 0.25) is 0 Å². The number of rotatable bonds is 1. The Morgan fingerprint density at radius 2 is 2.44 bits per heavy atom. The average molecular weight is 247 g/mol. The Balaban J connectivity index is 1.94. The topological polar surface area (TPSA) is 84.0 Å². The van der Waals surface area contributed by atoms with E-state index < -0.39 is 0 Å². The van der Waals surface area contributed by atoms with Crippen LogP contribution in [0, 0.1) is 0 Å². The molecule has 0 spiro atoms. The molecular formula is C11H13N5O2. The fraction of sp³-hybridized carbons (Fsp3) is 0.455. The van der Waals surface area contributed by atoms with Crippen molar-refractivity contribution in [3.05, 3.63) is 17.8 Å². The molecule has 0 aromatic carbocycles. The van der Waals surface area contributed by atoms with Gasteiger partial charge in [-0.15, -0.1) is 5.10 Å². The molecule has 1 saturated heterocycles. The monoisotopic (exact) mass is 247 g/mol. The van der Waals surface area contributed by atoms with E-state index in [2.05, 4.69) is 20.4 Å². The average Bonchev–Trinajstić information content (AvgIpc) is 2.86. The molecule has 1 N–H and O–H groups in total. The van der Waals surface area contributed by atoms with Gasteiger partial charge in [-0.3, -0.25) is 4.79 Å². The Bertz CT molecular complexity index is 582. The lowest BCUT2D eigenvalue weighted by molar-refractivity contribution is -0.0123. The predicted molar refractivity (Wildman–Crippen MR) is 63.0 cm³/mol. The van der Waals surface area contributed by atoms with E-state index in [1.54, 1.807) is 17.2 Å². The highest BCUT2D eigenvalue weighted by Gasteiger charge is 2.24. The summed E-state index contributed by atoms with van der Waals surface area (Å²) < 4.78 is 5.43. The minimum absolute atomic E-state index is 0.0496. The highest BCUT2D eigenvalue weighted by molar-refractivity contribution is 6.03. The number of ether oxygens (including phenoxy) is 1. The smallest absolute Gasteiger partial charge is 0.256 e. The summed E-state index contributed by atoms with van der Waals surface area (Å²) in [4.78, 5) is 18.2. The van der Waals surface area contributed by atoms with E-state index in [9.17, 15) is 4.79 Å². The van der Waals surface area contributed by atoms with Crippen LogP contribution in [0.1, 0.15) is 17.3 Å². The van der Waals surface area contributed by atoms with Crippen molar-refractivity contribution in [3.63, 3.8) is 0 Å². The summed E-state index contributed by atoms with van der Waals surface area (Å²) in [5.74, 6) is -0.0496. The third-order valence-corrected chi connectivity index (χ3v) is 2.98. The standard InChI is InChI=1S/C11H13N5O2/c1-7-6-16(4-5-18-7)11(17)8-2-3-12-10-9(8)13-15-14-10/h2-3,7H,4-6H2,1H3,(H,12,13,14,15). The first kappa shape index (κ1) is 11.1. The number of carbonyl (C=O) groups is 1. The first-order chi connectivity index (χ1) is 8.75. The summed E-state index contributed by atoms with van der Waals surface area (Å²) in [5.41, 5.74) is 1.51. The largest absolute Gasteiger partial charge is 0.375 e. The van der Waals surface area contributed by atoms with Gasteiger partial charge in [-0.2, -0.15) is 10.3 Å². The second-order valence-corrected chi connectivity index (χ2v) is 4.29. The molecule has 18 heavy (non-hydrogen) atoms. The van der Waals surface area contributed by atoms with Crippen molar-refractivity contribution in [1.82, 2.24) is 25.3 Å². The third-order valence-electron chi connectivity index (χ3n) is 2.98. The molecule has 2 aromatic rings. The Kier molecular flexibility index (Phi) is 2.67. The summed E-state index contributed by atoms with van der Waals surface area (Å²) in [7, 11) is 0. The molecule has 0 bridgehead atoms. The van der Waals surface area contributed by atoms with Crippen LogP contribution in [-0.4, -0.2) is 57.0 Å². The summed E-state index contributed by atoms with van der Waals surface area (Å²) in [5, 5.41) is 10.3. The van der Waals surface area contributed by atoms with Gasteiger partial charge in [0, 0.05) is 19.3 Å². The van der Waals surface area contributed by atoms with Crippen molar-refractivity contribution >= 4 is 17.1 Å². The van der Waals surface area contributed by atoms with E-state index in [4.69, 9.17) is 4.74 Å². The Labute approximate surface area is 103 Å². The molecule has 1 aliphatic rings. The number of aromatic nitrogens is 4. The number of fused-ring (bicyclic) bond motifs is 1. The zero-order chi connectivity index (χ0) is 12.5. The number of nitrogens with one attached hydrogen (secondary N) is 1. The maximum Gasteiger partial charge on any atom is 0.256 e. The number of hydrogen-bond donors (Lipinski definition) is 1. The van der Waals surface area contributed by atoms with Crippen LogP contribution < -0.4 is 0 Å². The molecule has 0 aliphatic carbocycles. The summed E-state index contributed by atoms with van der Waals surface area (Å²) in [6.07, 6.45) is 1.64. The molecule has 1 amide bonds. The minimum atomic E-state index is -0.0496. The van der Waals surface area contributed by atoms with Gasteiger partial charge in [-0.1, -0.05) is 0 Å². The van der Waals surface area contributed by atoms with Crippen LogP contribution >= 0.6 is 0 Å². The zero-order valence-electron chi connectivity index (χ0n) is 9.96. The van der Waals surface area contributed by atoms with Gasteiger partial charge in [0.2, 0.25) is 5.65 Å². The number of carbonyl (C=O) groups excluding carboxylic acids is 1. The van der Waals surface area contributed by atoms with Gasteiger partial charge in [0.25, 0.3) is 5.91 Å². The van der Waals surface area contributed by atoms with Crippen molar-refractivity contribution in [2.24, 2.45) is 0 Å². The Hall–Kier alpha value is -2.02. The quantitative estimate of drug-likeness (QED) is 0.779. The van der Waals surface area contributed by atoms with E-state index in [1.165, 1.54) is 0 Å². The maximum absolute atomic E-state index is 12.4. The van der Waals surface area contributed by atoms with Crippen molar-refractivity contribution in [2.75, 3.05) is 19.7 Å². The molecule has 0 radical (unpaired) electrons. The molecule has 1 atom stereocenters. The third kappa shape index (κ3) is 1.82. The number of pyridine rings is 1. The van der Waals surface area contributed by atoms with Crippen LogP contribution in [0.15, 0.2) is 12.3 Å². The van der Waals surface area contributed by atoms with Gasteiger partial charge in [0.05, 0.1) is 18.3 Å². The molecule has 0 saturated carbocycles. The lowest BCUT2D eigenvalue weighted by Gasteiger charge is -2.31. The van der Waals surface area contributed by atoms with E-state index >= 15 is 0 Å². The molecule has 7 heteroatoms. The fourth-order valence-electron chi connectivity index (χ4n) is 2.10. The van der Waals surface area contributed by atoms with Gasteiger partial charge in [0.15, 0.2) is 0 Å². The Morgan fingerprint density at radius 3 is 3.28 bits per heavy atom. The van der Waals surface area contributed by atoms with Gasteiger partial charge in [-0.25, -0.2) is 4.98 Å². The molecule has 94 valence electrons. The number of morpholine rings is 1. The SMILES string of the molecule is CC1CN(C(=O)c2ccnc3n[nH]nc23)CCO1. The Morgan fingerprint density at radius 1 is 1.56 bits per heavy atom. The molecule has 1 unspecified atom stereocenters. The van der Waals surface area contributed by atoms with Gasteiger partial charge in [0.1, 0.15) is 5.52 Å². The molecule has 3 heterocycles. The van der Waals surface area contributed by atoms with E-state index in [0.29, 0.717) is 36.4 Å². The van der Waals surface area contributed by atoms with Gasteiger partial charge < -0.3 is 9.64 Å². The van der Waals surface area contributed by atoms with Crippen LogP contribution in [0.5, 0.6) is 0 Å². The second-order valence-electron chi connectivity index (χ2n) is 4.29. The molecule has 3 rings (SSSR count). The number of amides is 1. The first-order valence-corrected chi connectivity index (χ1v) is 5.82. The first-order valence-electron chi connectivity index (χ1n) is 5.82. The predicted octanol–water partition coefficient (Wildman–Crippen LogP) is 0.214. The number of hydrogen-bond acceptors (Lipinski definition) is 5. The number of aromatic amines is 1. The van der Waals surface area contributed by atoms with Crippen LogP contribution in [0.25, 0.3) is 11.2 Å². The van der Waals surface area contributed by atoms with Crippen molar-refractivity contribution in [3.8, 4) is 0 Å². The lowest BCUT2D eigenvalue weighted by atomic mass is 10.2. The van der Waals surface area contributed by atoms with E-state index in [0.717, 1.165) is 0 Å². The molecule has 7 nitrogen and oxygen atoms in total. The summed E-state index contributed by atoms with van der Waals surface area (Å²) in [6.45, 7) is 3.73. The van der Waals surface area contributed by atoms with Gasteiger partial charge >= 0.3 is 0 Å². The molecule has 2 aromatic heterocycles. The summed E-state index contributed by atoms with van der Waals surface area (Å²) in [6, 6.07) is 1.67. The lowest BCUT2D eigenvalue weighted by Crippen LogP contribution is -2.44. The fourth-order valence-corrected chi connectivity index (χ4v) is 2.10. The number of nitrogens with zero attached hydrogens (tertiary/aromatic N) is 4. The summed E-state index contributed by atoms with van der Waals surface area (Å²) >= 11 is 0. The highest BCUT2D eigenvalue weighted by Crippen LogP contribution is 2.15. The van der Waals surface area contributed by atoms with Crippen LogP contribution in [0.4, 0.5) is 0 Å².